The number of piperazine rings is 1. The Morgan fingerprint density at radius 2 is 1.61 bits per heavy atom. The molecule has 0 N–H and O–H groups in total. The topological polar surface area (TPSA) is 69.6 Å². The minimum atomic E-state index is -0.0909. The van der Waals surface area contributed by atoms with Gasteiger partial charge in [-0.1, -0.05) is 68.3 Å². The summed E-state index contributed by atoms with van der Waals surface area (Å²) in [5.41, 5.74) is 3.72. The maximum Gasteiger partial charge on any atom is 0.254 e. The fourth-order valence-electron chi connectivity index (χ4n) is 4.31. The average Bonchev–Trinajstić information content (AvgIpc) is 2.93. The summed E-state index contributed by atoms with van der Waals surface area (Å²) in [7, 11) is 0. The van der Waals surface area contributed by atoms with Crippen molar-refractivity contribution in [2.45, 2.75) is 27.2 Å². The quantitative estimate of drug-likeness (QED) is 0.476. The second-order valence-electron chi connectivity index (χ2n) is 9.58. The second-order valence-corrected chi connectivity index (χ2v) is 9.58. The molecular formula is C29H35N5O2. The molecule has 0 saturated carbocycles. The summed E-state index contributed by atoms with van der Waals surface area (Å²) in [5.74, 6) is 1.04. The minimum Gasteiger partial charge on any atom is -0.352 e. The molecule has 7 nitrogen and oxygen atoms in total. The standard InChI is InChI=1S/C29H35N5O2/c1-4-22(2)20-34(29(36)25-8-6-5-7-9-25)21-28(35)33-18-16-32(17-19-33)27-15-14-26(30-31-27)24-12-10-23(3)11-13-24/h5-15,22H,4,16-21H2,1-3H3. The van der Waals surface area contributed by atoms with Gasteiger partial charge in [0.1, 0.15) is 6.54 Å². The lowest BCUT2D eigenvalue weighted by Crippen LogP contribution is -2.52. The summed E-state index contributed by atoms with van der Waals surface area (Å²) in [6.07, 6.45) is 0.954. The molecule has 0 spiro atoms. The molecule has 1 aromatic heterocycles. The third kappa shape index (κ3) is 6.27. The van der Waals surface area contributed by atoms with Crippen molar-refractivity contribution in [3.05, 3.63) is 77.9 Å². The van der Waals surface area contributed by atoms with Crippen molar-refractivity contribution in [1.29, 1.82) is 0 Å². The predicted octanol–water partition coefficient (Wildman–Crippen LogP) is 4.29. The Kier molecular flexibility index (Phi) is 8.31. The van der Waals surface area contributed by atoms with Crippen LogP contribution in [-0.4, -0.2) is 71.1 Å². The highest BCUT2D eigenvalue weighted by Gasteiger charge is 2.26. The normalized spacial score (nSPS) is 14.4. The zero-order chi connectivity index (χ0) is 25.5. The van der Waals surface area contributed by atoms with E-state index in [1.165, 1.54) is 5.56 Å². The molecule has 2 amide bonds. The molecule has 1 atom stereocenters. The van der Waals surface area contributed by atoms with E-state index in [1.54, 1.807) is 17.0 Å². The number of hydrogen-bond donors (Lipinski definition) is 0. The Bertz CT molecular complexity index is 1140. The molecule has 3 aromatic rings. The van der Waals surface area contributed by atoms with Gasteiger partial charge in [-0.15, -0.1) is 10.2 Å². The molecule has 0 bridgehead atoms. The van der Waals surface area contributed by atoms with E-state index in [9.17, 15) is 9.59 Å². The Hall–Kier alpha value is -3.74. The van der Waals surface area contributed by atoms with Gasteiger partial charge in [-0.3, -0.25) is 9.59 Å². The first-order valence-corrected chi connectivity index (χ1v) is 12.7. The average molecular weight is 486 g/mol. The number of nitrogens with zero attached hydrogens (tertiary/aromatic N) is 5. The van der Waals surface area contributed by atoms with Gasteiger partial charge in [0, 0.05) is 43.9 Å². The number of benzene rings is 2. The first-order chi connectivity index (χ1) is 17.4. The number of rotatable bonds is 8. The van der Waals surface area contributed by atoms with E-state index in [0.29, 0.717) is 44.2 Å². The van der Waals surface area contributed by atoms with Gasteiger partial charge in [-0.25, -0.2) is 0 Å². The molecule has 4 rings (SSSR count). The van der Waals surface area contributed by atoms with E-state index in [2.05, 4.69) is 60.1 Å². The summed E-state index contributed by atoms with van der Waals surface area (Å²) in [6, 6.07) is 21.4. The van der Waals surface area contributed by atoms with Crippen molar-refractivity contribution in [3.8, 4) is 11.3 Å². The molecule has 2 aromatic carbocycles. The van der Waals surface area contributed by atoms with Crippen LogP contribution in [0.5, 0.6) is 0 Å². The Morgan fingerprint density at radius 3 is 2.22 bits per heavy atom. The highest BCUT2D eigenvalue weighted by molar-refractivity contribution is 5.96. The van der Waals surface area contributed by atoms with Crippen molar-refractivity contribution >= 4 is 17.6 Å². The summed E-state index contributed by atoms with van der Waals surface area (Å²) >= 11 is 0. The van der Waals surface area contributed by atoms with Crippen molar-refractivity contribution < 1.29 is 9.59 Å². The van der Waals surface area contributed by atoms with Gasteiger partial charge in [-0.2, -0.15) is 0 Å². The Balaban J connectivity index is 1.35. The number of aromatic nitrogens is 2. The zero-order valence-corrected chi connectivity index (χ0v) is 21.4. The SMILES string of the molecule is CCC(C)CN(CC(=O)N1CCN(c2ccc(-c3ccc(C)cc3)nn2)CC1)C(=O)c1ccccc1. The summed E-state index contributed by atoms with van der Waals surface area (Å²) in [5, 5.41) is 8.85. The lowest BCUT2D eigenvalue weighted by atomic mass is 10.1. The Labute approximate surface area is 213 Å². The van der Waals surface area contributed by atoms with Crippen LogP contribution in [0.3, 0.4) is 0 Å². The Morgan fingerprint density at radius 1 is 0.917 bits per heavy atom. The van der Waals surface area contributed by atoms with Crippen LogP contribution in [-0.2, 0) is 4.79 Å². The van der Waals surface area contributed by atoms with Crippen LogP contribution in [0, 0.1) is 12.8 Å². The van der Waals surface area contributed by atoms with Gasteiger partial charge in [0.2, 0.25) is 5.91 Å². The molecule has 1 unspecified atom stereocenters. The van der Waals surface area contributed by atoms with E-state index in [1.807, 2.05) is 35.2 Å². The molecule has 2 heterocycles. The third-order valence-corrected chi connectivity index (χ3v) is 6.82. The summed E-state index contributed by atoms with van der Waals surface area (Å²) in [6.45, 7) is 9.50. The number of carbonyl (C=O) groups is 2. The van der Waals surface area contributed by atoms with Crippen molar-refractivity contribution in [2.75, 3.05) is 44.2 Å². The smallest absolute Gasteiger partial charge is 0.254 e. The highest BCUT2D eigenvalue weighted by Crippen LogP contribution is 2.20. The number of amides is 2. The van der Waals surface area contributed by atoms with Crippen LogP contribution in [0.25, 0.3) is 11.3 Å². The minimum absolute atomic E-state index is 0.0111. The monoisotopic (exact) mass is 485 g/mol. The number of aryl methyl sites for hydroxylation is 1. The fraction of sp³-hybridized carbons (Fsp3) is 0.379. The molecule has 188 valence electrons. The molecule has 36 heavy (non-hydrogen) atoms. The van der Waals surface area contributed by atoms with Gasteiger partial charge >= 0.3 is 0 Å². The summed E-state index contributed by atoms with van der Waals surface area (Å²) < 4.78 is 0. The molecule has 1 saturated heterocycles. The highest BCUT2D eigenvalue weighted by atomic mass is 16.2. The third-order valence-electron chi connectivity index (χ3n) is 6.82. The largest absolute Gasteiger partial charge is 0.352 e. The van der Waals surface area contributed by atoms with E-state index in [4.69, 9.17) is 0 Å². The molecule has 1 fully saturated rings. The van der Waals surface area contributed by atoms with Gasteiger partial charge in [0.05, 0.1) is 5.69 Å². The lowest BCUT2D eigenvalue weighted by Gasteiger charge is -2.36. The van der Waals surface area contributed by atoms with Crippen LogP contribution < -0.4 is 4.90 Å². The first-order valence-electron chi connectivity index (χ1n) is 12.7. The first kappa shape index (κ1) is 25.4. The maximum atomic E-state index is 13.2. The van der Waals surface area contributed by atoms with Crippen LogP contribution in [0.2, 0.25) is 0 Å². The van der Waals surface area contributed by atoms with Crippen LogP contribution in [0.15, 0.2) is 66.7 Å². The number of hydrogen-bond acceptors (Lipinski definition) is 5. The van der Waals surface area contributed by atoms with E-state index >= 15 is 0 Å². The summed E-state index contributed by atoms with van der Waals surface area (Å²) in [4.78, 5) is 32.0. The predicted molar refractivity (Wildman–Crippen MR) is 143 cm³/mol. The van der Waals surface area contributed by atoms with Crippen LogP contribution >= 0.6 is 0 Å². The second kappa shape index (κ2) is 11.8. The van der Waals surface area contributed by atoms with Crippen molar-refractivity contribution in [3.63, 3.8) is 0 Å². The van der Waals surface area contributed by atoms with Gasteiger partial charge in [0.25, 0.3) is 5.91 Å². The van der Waals surface area contributed by atoms with Gasteiger partial charge < -0.3 is 14.7 Å². The molecule has 0 radical (unpaired) electrons. The lowest BCUT2D eigenvalue weighted by molar-refractivity contribution is -0.132. The van der Waals surface area contributed by atoms with Gasteiger partial charge in [-0.05, 0) is 37.1 Å². The van der Waals surface area contributed by atoms with E-state index < -0.39 is 0 Å². The molecule has 1 aliphatic heterocycles. The van der Waals surface area contributed by atoms with E-state index in [0.717, 1.165) is 23.5 Å². The molecule has 7 heteroatoms. The number of anilines is 1. The molecule has 1 aliphatic rings. The van der Waals surface area contributed by atoms with Crippen LogP contribution in [0.4, 0.5) is 5.82 Å². The van der Waals surface area contributed by atoms with E-state index in [-0.39, 0.29) is 18.4 Å². The van der Waals surface area contributed by atoms with Crippen LogP contribution in [0.1, 0.15) is 36.2 Å². The van der Waals surface area contributed by atoms with Gasteiger partial charge in [0.15, 0.2) is 5.82 Å². The number of carbonyl (C=O) groups excluding carboxylic acids is 2. The van der Waals surface area contributed by atoms with Crippen molar-refractivity contribution in [2.24, 2.45) is 5.92 Å². The maximum absolute atomic E-state index is 13.2. The zero-order valence-electron chi connectivity index (χ0n) is 21.4. The molecule has 0 aliphatic carbocycles. The molecular weight excluding hydrogens is 450 g/mol. The fourth-order valence-corrected chi connectivity index (χ4v) is 4.31. The van der Waals surface area contributed by atoms with Crippen molar-refractivity contribution in [1.82, 2.24) is 20.0 Å².